The minimum Gasteiger partial charge on any atom is -0.497 e. The molecule has 1 fully saturated rings. The molecule has 1 aromatic carbocycles. The number of thiazole rings is 1. The Hall–Kier alpha value is -2.43. The molecule has 0 N–H and O–H groups in total. The largest absolute Gasteiger partial charge is 0.497 e. The van der Waals surface area contributed by atoms with Gasteiger partial charge in [0.25, 0.3) is 5.91 Å². The monoisotopic (exact) mass is 434 g/mol. The van der Waals surface area contributed by atoms with E-state index in [-0.39, 0.29) is 5.91 Å². The second kappa shape index (κ2) is 7.43. The van der Waals surface area contributed by atoms with Crippen molar-refractivity contribution in [2.24, 2.45) is 0 Å². The van der Waals surface area contributed by atoms with Crippen molar-refractivity contribution >= 4 is 32.2 Å². The Balaban J connectivity index is 1.55. The van der Waals surface area contributed by atoms with E-state index >= 15 is 0 Å². The summed E-state index contributed by atoms with van der Waals surface area (Å²) in [6.45, 7) is 3.34. The lowest BCUT2D eigenvalue weighted by molar-refractivity contribution is 0.0702. The van der Waals surface area contributed by atoms with Gasteiger partial charge >= 0.3 is 0 Å². The molecule has 1 aliphatic heterocycles. The molecule has 3 heterocycles. The maximum atomic E-state index is 13.0. The molecular weight excluding hydrogens is 412 g/mol. The second-order valence-electron chi connectivity index (χ2n) is 6.98. The van der Waals surface area contributed by atoms with Gasteiger partial charge in [-0.15, -0.1) is 0 Å². The Bertz CT molecular complexity index is 1160. The van der Waals surface area contributed by atoms with Crippen LogP contribution in [0.5, 0.6) is 5.75 Å². The summed E-state index contributed by atoms with van der Waals surface area (Å²) in [5, 5.41) is 0. The summed E-state index contributed by atoms with van der Waals surface area (Å²) < 4.78 is 31.9. The van der Waals surface area contributed by atoms with Crippen LogP contribution in [-0.4, -0.2) is 72.5 Å². The number of rotatable bonds is 4. The molecule has 0 unspecified atom stereocenters. The lowest BCUT2D eigenvalue weighted by Crippen LogP contribution is -2.50. The van der Waals surface area contributed by atoms with Crippen LogP contribution in [0.15, 0.2) is 30.5 Å². The molecule has 0 spiro atoms. The van der Waals surface area contributed by atoms with Crippen LogP contribution in [-0.2, 0) is 10.0 Å². The smallest absolute Gasteiger partial charge is 0.265 e. The van der Waals surface area contributed by atoms with E-state index in [0.717, 1.165) is 27.7 Å². The molecule has 0 atom stereocenters. The molecule has 8 nitrogen and oxygen atoms in total. The first-order chi connectivity index (χ1) is 13.8. The highest BCUT2D eigenvalue weighted by Crippen LogP contribution is 2.29. The van der Waals surface area contributed by atoms with Crippen molar-refractivity contribution in [1.82, 2.24) is 18.6 Å². The van der Waals surface area contributed by atoms with Crippen molar-refractivity contribution in [1.29, 1.82) is 0 Å². The number of nitrogens with zero attached hydrogens (tertiary/aromatic N) is 4. The van der Waals surface area contributed by atoms with E-state index < -0.39 is 10.0 Å². The number of fused-ring (bicyclic) bond motifs is 1. The van der Waals surface area contributed by atoms with Crippen molar-refractivity contribution in [3.8, 4) is 17.0 Å². The average molecular weight is 435 g/mol. The Morgan fingerprint density at radius 3 is 2.34 bits per heavy atom. The van der Waals surface area contributed by atoms with Crippen molar-refractivity contribution in [3.05, 3.63) is 41.0 Å². The average Bonchev–Trinajstić information content (AvgIpc) is 3.26. The van der Waals surface area contributed by atoms with Crippen molar-refractivity contribution in [3.63, 3.8) is 0 Å². The number of hydrogen-bond donors (Lipinski definition) is 0. The fourth-order valence-corrected chi connectivity index (χ4v) is 5.32. The van der Waals surface area contributed by atoms with E-state index in [1.165, 1.54) is 21.9 Å². The molecule has 1 amide bonds. The number of ether oxygens (including phenoxy) is 1. The lowest BCUT2D eigenvalue weighted by atomic mass is 10.2. The highest BCUT2D eigenvalue weighted by Gasteiger charge is 2.29. The van der Waals surface area contributed by atoms with Gasteiger partial charge in [-0.2, -0.15) is 4.31 Å². The molecular formula is C19H22N4O4S2. The van der Waals surface area contributed by atoms with Crippen LogP contribution in [0.2, 0.25) is 0 Å². The summed E-state index contributed by atoms with van der Waals surface area (Å²) in [7, 11) is -1.59. The van der Waals surface area contributed by atoms with Gasteiger partial charge in [0.2, 0.25) is 10.0 Å². The number of aromatic nitrogens is 2. The van der Waals surface area contributed by atoms with Crippen LogP contribution in [0.4, 0.5) is 0 Å². The SMILES string of the molecule is COc1ccc(-c2cn3c(C)c(C(=O)N4CCN(S(C)(=O)=O)CC4)sc3n2)cc1. The summed E-state index contributed by atoms with van der Waals surface area (Å²) in [6.07, 6.45) is 3.13. The first kappa shape index (κ1) is 19.9. The zero-order valence-electron chi connectivity index (χ0n) is 16.5. The van der Waals surface area contributed by atoms with E-state index in [9.17, 15) is 13.2 Å². The normalized spacial score (nSPS) is 15.8. The van der Waals surface area contributed by atoms with Gasteiger partial charge in [-0.1, -0.05) is 11.3 Å². The molecule has 10 heteroatoms. The number of amides is 1. The minimum atomic E-state index is -3.22. The van der Waals surface area contributed by atoms with Gasteiger partial charge in [0.1, 0.15) is 10.6 Å². The van der Waals surface area contributed by atoms with E-state index in [2.05, 4.69) is 4.98 Å². The van der Waals surface area contributed by atoms with E-state index in [4.69, 9.17) is 4.74 Å². The minimum absolute atomic E-state index is 0.0721. The topological polar surface area (TPSA) is 84.2 Å². The molecule has 3 aromatic rings. The van der Waals surface area contributed by atoms with Crippen molar-refractivity contribution in [2.45, 2.75) is 6.92 Å². The number of piperazine rings is 1. The van der Waals surface area contributed by atoms with Gasteiger partial charge in [-0.25, -0.2) is 13.4 Å². The van der Waals surface area contributed by atoms with Gasteiger partial charge in [0, 0.05) is 43.6 Å². The number of carbonyl (C=O) groups is 1. The third-order valence-electron chi connectivity index (χ3n) is 5.13. The van der Waals surface area contributed by atoms with Crippen LogP contribution in [0, 0.1) is 6.92 Å². The maximum absolute atomic E-state index is 13.0. The molecule has 0 aliphatic carbocycles. The number of hydrogen-bond acceptors (Lipinski definition) is 6. The van der Waals surface area contributed by atoms with Gasteiger partial charge in [0.15, 0.2) is 4.96 Å². The van der Waals surface area contributed by atoms with Crippen LogP contribution >= 0.6 is 11.3 Å². The van der Waals surface area contributed by atoms with E-state index in [1.54, 1.807) is 12.0 Å². The van der Waals surface area contributed by atoms with Gasteiger partial charge < -0.3 is 9.64 Å². The fraction of sp³-hybridized carbons (Fsp3) is 0.368. The molecule has 0 bridgehead atoms. The van der Waals surface area contributed by atoms with Crippen molar-refractivity contribution < 1.29 is 17.9 Å². The highest BCUT2D eigenvalue weighted by molar-refractivity contribution is 7.88. The molecule has 0 radical (unpaired) electrons. The lowest BCUT2D eigenvalue weighted by Gasteiger charge is -2.33. The first-order valence-electron chi connectivity index (χ1n) is 9.15. The number of methoxy groups -OCH3 is 1. The number of carbonyl (C=O) groups excluding carboxylic acids is 1. The third-order valence-corrected chi connectivity index (χ3v) is 7.58. The van der Waals surface area contributed by atoms with Crippen LogP contribution < -0.4 is 4.74 Å². The summed E-state index contributed by atoms with van der Waals surface area (Å²) in [6, 6.07) is 7.68. The molecule has 154 valence electrons. The molecule has 1 saturated heterocycles. The molecule has 2 aromatic heterocycles. The summed E-state index contributed by atoms with van der Waals surface area (Å²) in [5.41, 5.74) is 2.65. The maximum Gasteiger partial charge on any atom is 0.265 e. The Morgan fingerprint density at radius 2 is 1.79 bits per heavy atom. The number of aryl methyl sites for hydroxylation is 1. The van der Waals surface area contributed by atoms with Crippen molar-refractivity contribution in [2.75, 3.05) is 39.5 Å². The van der Waals surface area contributed by atoms with Crippen LogP contribution in [0.3, 0.4) is 0 Å². The number of sulfonamides is 1. The summed E-state index contributed by atoms with van der Waals surface area (Å²) in [4.78, 5) is 20.8. The van der Waals surface area contributed by atoms with Gasteiger partial charge in [-0.05, 0) is 31.2 Å². The van der Waals surface area contributed by atoms with Crippen LogP contribution in [0.1, 0.15) is 15.4 Å². The third kappa shape index (κ3) is 3.75. The molecule has 1 aliphatic rings. The Morgan fingerprint density at radius 1 is 1.14 bits per heavy atom. The standard InChI is InChI=1S/C19H22N4O4S2/c1-13-17(18(24)21-8-10-22(11-9-21)29(3,25)26)28-19-20-16(12-23(13)19)14-4-6-15(27-2)7-5-14/h4-7,12H,8-11H2,1-3H3. The Labute approximate surface area is 173 Å². The van der Waals surface area contributed by atoms with Crippen LogP contribution in [0.25, 0.3) is 16.2 Å². The predicted octanol–water partition coefficient (Wildman–Crippen LogP) is 2.10. The van der Waals surface area contributed by atoms with E-state index in [0.29, 0.717) is 31.1 Å². The fourth-order valence-electron chi connectivity index (χ4n) is 3.42. The zero-order chi connectivity index (χ0) is 20.8. The number of benzene rings is 1. The second-order valence-corrected chi connectivity index (χ2v) is 9.94. The van der Waals surface area contributed by atoms with Gasteiger partial charge in [-0.3, -0.25) is 9.20 Å². The summed E-state index contributed by atoms with van der Waals surface area (Å²) >= 11 is 1.36. The molecule has 0 saturated carbocycles. The first-order valence-corrected chi connectivity index (χ1v) is 11.8. The highest BCUT2D eigenvalue weighted by atomic mass is 32.2. The summed E-state index contributed by atoms with van der Waals surface area (Å²) in [5.74, 6) is 0.715. The molecule has 4 rings (SSSR count). The quantitative estimate of drug-likeness (QED) is 0.628. The van der Waals surface area contributed by atoms with E-state index in [1.807, 2.05) is 41.8 Å². The Kier molecular flexibility index (Phi) is 5.09. The molecule has 29 heavy (non-hydrogen) atoms. The zero-order valence-corrected chi connectivity index (χ0v) is 18.1. The number of imidazole rings is 1. The van der Waals surface area contributed by atoms with Gasteiger partial charge in [0.05, 0.1) is 19.1 Å². The predicted molar refractivity (Wildman–Crippen MR) is 112 cm³/mol.